The molecule has 1 N–H and O–H groups in total. The summed E-state index contributed by atoms with van der Waals surface area (Å²) in [5, 5.41) is 4.75. The second kappa shape index (κ2) is 9.60. The van der Waals surface area contributed by atoms with Gasteiger partial charge < -0.3 is 15.1 Å². The maximum absolute atomic E-state index is 13.8. The lowest BCUT2D eigenvalue weighted by atomic mass is 9.98. The fourth-order valence-corrected chi connectivity index (χ4v) is 5.02. The number of carbonyl (C=O) groups excluding carboxylic acids is 3. The van der Waals surface area contributed by atoms with Gasteiger partial charge in [-0.05, 0) is 55.7 Å². The van der Waals surface area contributed by atoms with Crippen molar-refractivity contribution in [3.8, 4) is 0 Å². The van der Waals surface area contributed by atoms with E-state index in [2.05, 4.69) is 5.32 Å². The van der Waals surface area contributed by atoms with Crippen LogP contribution in [0.3, 0.4) is 0 Å². The van der Waals surface area contributed by atoms with Crippen molar-refractivity contribution in [1.29, 1.82) is 0 Å². The van der Waals surface area contributed by atoms with Gasteiger partial charge in [0.25, 0.3) is 11.8 Å². The predicted octanol–water partition coefficient (Wildman–Crippen LogP) is 3.30. The zero-order valence-corrected chi connectivity index (χ0v) is 18.1. The summed E-state index contributed by atoms with van der Waals surface area (Å²) in [7, 11) is 0. The van der Waals surface area contributed by atoms with Gasteiger partial charge in [-0.25, -0.2) is 4.39 Å². The van der Waals surface area contributed by atoms with Crippen molar-refractivity contribution < 1.29 is 18.8 Å². The molecule has 3 heterocycles. The summed E-state index contributed by atoms with van der Waals surface area (Å²) < 4.78 is 13.8. The van der Waals surface area contributed by atoms with Crippen LogP contribution in [-0.4, -0.2) is 59.2 Å². The van der Waals surface area contributed by atoms with E-state index in [0.717, 1.165) is 12.8 Å². The number of thiophene rings is 1. The molecule has 0 bridgehead atoms. The van der Waals surface area contributed by atoms with Crippen LogP contribution in [0.2, 0.25) is 0 Å². The molecular weight excluding hydrogens is 417 g/mol. The van der Waals surface area contributed by atoms with Gasteiger partial charge in [0.05, 0.1) is 10.4 Å². The van der Waals surface area contributed by atoms with Crippen LogP contribution in [0, 0.1) is 5.82 Å². The third kappa shape index (κ3) is 4.79. The van der Waals surface area contributed by atoms with Crippen LogP contribution in [0.4, 0.5) is 4.39 Å². The molecule has 2 fully saturated rings. The second-order valence-corrected chi connectivity index (χ2v) is 8.99. The van der Waals surface area contributed by atoms with Crippen LogP contribution in [0.1, 0.15) is 52.1 Å². The largest absolute Gasteiger partial charge is 0.349 e. The van der Waals surface area contributed by atoms with Gasteiger partial charge in [0.1, 0.15) is 11.9 Å². The molecule has 1 atom stereocenters. The van der Waals surface area contributed by atoms with Crippen molar-refractivity contribution in [2.24, 2.45) is 0 Å². The van der Waals surface area contributed by atoms with E-state index < -0.39 is 17.8 Å². The molecule has 2 saturated heterocycles. The SMILES string of the molecule is O=C(NC1CCN(C(=O)C2CCCCN2C(=O)c2cccs2)CC1)c1ccccc1F. The van der Waals surface area contributed by atoms with Gasteiger partial charge in [0, 0.05) is 25.7 Å². The highest BCUT2D eigenvalue weighted by atomic mass is 32.1. The number of likely N-dealkylation sites (tertiary alicyclic amines) is 2. The second-order valence-electron chi connectivity index (χ2n) is 8.04. The van der Waals surface area contributed by atoms with E-state index >= 15 is 0 Å². The van der Waals surface area contributed by atoms with E-state index in [0.29, 0.717) is 43.8 Å². The van der Waals surface area contributed by atoms with Crippen molar-refractivity contribution in [1.82, 2.24) is 15.1 Å². The summed E-state index contributed by atoms with van der Waals surface area (Å²) in [6.07, 6.45) is 3.74. The minimum absolute atomic E-state index is 0.0107. The van der Waals surface area contributed by atoms with Gasteiger partial charge >= 0.3 is 0 Å². The van der Waals surface area contributed by atoms with E-state index in [9.17, 15) is 18.8 Å². The molecule has 1 aromatic heterocycles. The number of nitrogens with one attached hydrogen (secondary N) is 1. The summed E-state index contributed by atoms with van der Waals surface area (Å²) in [5.41, 5.74) is 0.0333. The minimum atomic E-state index is -0.541. The highest BCUT2D eigenvalue weighted by molar-refractivity contribution is 7.12. The Balaban J connectivity index is 1.34. The molecule has 0 saturated carbocycles. The first-order valence-electron chi connectivity index (χ1n) is 10.7. The van der Waals surface area contributed by atoms with Gasteiger partial charge in [0.15, 0.2) is 0 Å². The standard InChI is InChI=1S/C23H26FN3O3S/c24-18-7-2-1-6-17(18)21(28)25-16-10-13-26(14-11-16)22(29)19-8-3-4-12-27(19)23(30)20-9-5-15-31-20/h1-2,5-7,9,15-16,19H,3-4,8,10-14H2,(H,25,28). The lowest BCUT2D eigenvalue weighted by Crippen LogP contribution is -2.55. The Bertz CT molecular complexity index is 941. The van der Waals surface area contributed by atoms with Crippen molar-refractivity contribution in [2.45, 2.75) is 44.2 Å². The van der Waals surface area contributed by atoms with E-state index in [4.69, 9.17) is 0 Å². The summed E-state index contributed by atoms with van der Waals surface area (Å²) >= 11 is 1.40. The Morgan fingerprint density at radius 1 is 0.968 bits per heavy atom. The number of halogens is 1. The highest BCUT2D eigenvalue weighted by Gasteiger charge is 2.36. The molecule has 0 aliphatic carbocycles. The van der Waals surface area contributed by atoms with E-state index in [1.54, 1.807) is 28.0 Å². The third-order valence-electron chi connectivity index (χ3n) is 6.04. The number of benzene rings is 1. The number of amides is 3. The molecule has 2 aliphatic heterocycles. The number of carbonyl (C=O) groups is 3. The Labute approximate surface area is 185 Å². The quantitative estimate of drug-likeness (QED) is 0.788. The van der Waals surface area contributed by atoms with Crippen LogP contribution >= 0.6 is 11.3 Å². The van der Waals surface area contributed by atoms with Crippen molar-refractivity contribution in [3.05, 3.63) is 58.0 Å². The molecular formula is C23H26FN3O3S. The Hall–Kier alpha value is -2.74. The fourth-order valence-electron chi connectivity index (χ4n) is 4.34. The molecule has 31 heavy (non-hydrogen) atoms. The molecule has 3 amide bonds. The Kier molecular flexibility index (Phi) is 6.65. The average molecular weight is 444 g/mol. The molecule has 4 rings (SSSR count). The topological polar surface area (TPSA) is 69.7 Å². The number of hydrogen-bond donors (Lipinski definition) is 1. The zero-order valence-electron chi connectivity index (χ0n) is 17.3. The number of hydrogen-bond acceptors (Lipinski definition) is 4. The van der Waals surface area contributed by atoms with Crippen molar-refractivity contribution in [2.75, 3.05) is 19.6 Å². The molecule has 8 heteroatoms. The normalized spacial score (nSPS) is 19.8. The Morgan fingerprint density at radius 3 is 2.45 bits per heavy atom. The van der Waals surface area contributed by atoms with Crippen LogP contribution in [0.25, 0.3) is 0 Å². The maximum Gasteiger partial charge on any atom is 0.264 e. The molecule has 1 unspecified atom stereocenters. The van der Waals surface area contributed by atoms with Crippen LogP contribution in [0.5, 0.6) is 0 Å². The summed E-state index contributed by atoms with van der Waals surface area (Å²) in [6, 6.07) is 9.03. The summed E-state index contributed by atoms with van der Waals surface area (Å²) in [6.45, 7) is 1.62. The lowest BCUT2D eigenvalue weighted by molar-refractivity contribution is -0.138. The fraction of sp³-hybridized carbons (Fsp3) is 0.435. The van der Waals surface area contributed by atoms with Gasteiger partial charge in [0.2, 0.25) is 5.91 Å². The van der Waals surface area contributed by atoms with Crippen LogP contribution in [0.15, 0.2) is 41.8 Å². The average Bonchev–Trinajstić information content (AvgIpc) is 3.34. The van der Waals surface area contributed by atoms with Gasteiger partial charge in [-0.2, -0.15) is 0 Å². The minimum Gasteiger partial charge on any atom is -0.349 e. The smallest absolute Gasteiger partial charge is 0.264 e. The van der Waals surface area contributed by atoms with E-state index in [1.807, 2.05) is 11.4 Å². The van der Waals surface area contributed by atoms with Gasteiger partial charge in [-0.15, -0.1) is 11.3 Å². The molecule has 2 aromatic rings. The van der Waals surface area contributed by atoms with E-state index in [1.165, 1.54) is 23.5 Å². The highest BCUT2D eigenvalue weighted by Crippen LogP contribution is 2.24. The maximum atomic E-state index is 13.8. The van der Waals surface area contributed by atoms with Crippen molar-refractivity contribution >= 4 is 29.1 Å². The Morgan fingerprint density at radius 2 is 1.74 bits per heavy atom. The van der Waals surface area contributed by atoms with Gasteiger partial charge in [-0.3, -0.25) is 14.4 Å². The van der Waals surface area contributed by atoms with Crippen LogP contribution in [-0.2, 0) is 4.79 Å². The zero-order chi connectivity index (χ0) is 21.8. The number of piperidine rings is 2. The summed E-state index contributed by atoms with van der Waals surface area (Å²) in [4.78, 5) is 42.7. The first-order valence-corrected chi connectivity index (χ1v) is 11.6. The monoisotopic (exact) mass is 443 g/mol. The summed E-state index contributed by atoms with van der Waals surface area (Å²) in [5.74, 6) is -1.05. The molecule has 1 aromatic carbocycles. The van der Waals surface area contributed by atoms with Crippen LogP contribution < -0.4 is 5.32 Å². The van der Waals surface area contributed by atoms with E-state index in [-0.39, 0.29) is 23.4 Å². The molecule has 164 valence electrons. The third-order valence-corrected chi connectivity index (χ3v) is 6.90. The molecule has 0 radical (unpaired) electrons. The number of nitrogens with zero attached hydrogens (tertiary/aromatic N) is 2. The first kappa shape index (κ1) is 21.5. The predicted molar refractivity (Wildman–Crippen MR) is 116 cm³/mol. The molecule has 2 aliphatic rings. The molecule has 0 spiro atoms. The molecule has 6 nitrogen and oxygen atoms in total. The van der Waals surface area contributed by atoms with Gasteiger partial charge in [-0.1, -0.05) is 18.2 Å². The first-order chi connectivity index (χ1) is 15.0. The van der Waals surface area contributed by atoms with Crippen molar-refractivity contribution in [3.63, 3.8) is 0 Å². The number of rotatable bonds is 4. The lowest BCUT2D eigenvalue weighted by Gasteiger charge is -2.40.